The Hall–Kier alpha value is -1.85. The van der Waals surface area contributed by atoms with Gasteiger partial charge in [-0.1, -0.05) is 24.3 Å². The maximum atomic E-state index is 12.4. The molecule has 0 radical (unpaired) electrons. The van der Waals surface area contributed by atoms with Gasteiger partial charge in [0, 0.05) is 34.7 Å². The smallest absolute Gasteiger partial charge is 0.227 e. The Kier molecular flexibility index (Phi) is 7.45. The maximum absolute atomic E-state index is 12.4. The van der Waals surface area contributed by atoms with Crippen molar-refractivity contribution in [2.45, 2.75) is 24.3 Å². The molecular weight excluding hydrogens is 344 g/mol. The average molecular weight is 367 g/mol. The van der Waals surface area contributed by atoms with Gasteiger partial charge in [0.15, 0.2) is 0 Å². The van der Waals surface area contributed by atoms with Gasteiger partial charge in [-0.05, 0) is 42.3 Å². The highest BCUT2D eigenvalue weighted by Gasteiger charge is 2.17. The van der Waals surface area contributed by atoms with Gasteiger partial charge in [0.05, 0.1) is 12.5 Å². The summed E-state index contributed by atoms with van der Waals surface area (Å²) < 4.78 is 11.4. The highest BCUT2D eigenvalue weighted by molar-refractivity contribution is 7.84. The number of rotatable bonds is 5. The van der Waals surface area contributed by atoms with Gasteiger partial charge in [0.25, 0.3) is 0 Å². The van der Waals surface area contributed by atoms with Crippen LogP contribution in [0.3, 0.4) is 0 Å². The van der Waals surface area contributed by atoms with Crippen LogP contribution in [0.5, 0.6) is 0 Å². The molecule has 1 amide bonds. The van der Waals surface area contributed by atoms with Crippen LogP contribution in [0.2, 0.25) is 0 Å². The van der Waals surface area contributed by atoms with E-state index < -0.39 is 10.8 Å². The van der Waals surface area contributed by atoms with Crippen LogP contribution in [0.25, 0.3) is 0 Å². The van der Waals surface area contributed by atoms with Gasteiger partial charge >= 0.3 is 0 Å². The summed E-state index contributed by atoms with van der Waals surface area (Å²) in [6.07, 6.45) is 2.00. The normalized spacial score (nSPS) is 12.8. The van der Waals surface area contributed by atoms with Crippen LogP contribution in [-0.4, -0.2) is 28.3 Å². The lowest BCUT2D eigenvalue weighted by molar-refractivity contribution is -0.131. The highest BCUT2D eigenvalue weighted by Crippen LogP contribution is 2.21. The molecule has 2 aromatic rings. The van der Waals surface area contributed by atoms with Gasteiger partial charge in [0.2, 0.25) is 5.91 Å². The molecule has 2 unspecified atom stereocenters. The molecule has 4 nitrogen and oxygen atoms in total. The molecule has 0 aliphatic rings. The van der Waals surface area contributed by atoms with E-state index in [1.807, 2.05) is 43.3 Å². The highest BCUT2D eigenvalue weighted by atomic mass is 35.5. The van der Waals surface area contributed by atoms with Crippen molar-refractivity contribution in [3.05, 3.63) is 59.7 Å². The van der Waals surface area contributed by atoms with Crippen LogP contribution in [0.15, 0.2) is 53.4 Å². The summed E-state index contributed by atoms with van der Waals surface area (Å²) in [5.74, 6) is 0.0467. The van der Waals surface area contributed by atoms with E-state index in [1.54, 1.807) is 30.3 Å². The molecule has 0 saturated carbocycles. The Morgan fingerprint density at radius 2 is 1.67 bits per heavy atom. The summed E-state index contributed by atoms with van der Waals surface area (Å²) in [4.78, 5) is 15.0. The number of carbonyl (C=O) groups excluding carboxylic acids is 1. The average Bonchev–Trinajstić information content (AvgIpc) is 2.55. The first-order valence-corrected chi connectivity index (χ1v) is 8.97. The third kappa shape index (κ3) is 5.08. The Labute approximate surface area is 151 Å². The van der Waals surface area contributed by atoms with Crippen LogP contribution < -0.4 is 5.73 Å². The van der Waals surface area contributed by atoms with Gasteiger partial charge in [-0.3, -0.25) is 9.00 Å². The predicted molar refractivity (Wildman–Crippen MR) is 102 cm³/mol. The summed E-state index contributed by atoms with van der Waals surface area (Å²) in [7, 11) is 0.813. The Morgan fingerprint density at radius 1 is 1.12 bits per heavy atom. The van der Waals surface area contributed by atoms with Crippen molar-refractivity contribution in [1.29, 1.82) is 0 Å². The van der Waals surface area contributed by atoms with Gasteiger partial charge < -0.3 is 10.6 Å². The minimum atomic E-state index is -0.989. The van der Waals surface area contributed by atoms with Crippen LogP contribution in [-0.2, 0) is 22.0 Å². The fraction of sp³-hybridized carbons (Fsp3) is 0.278. The van der Waals surface area contributed by atoms with E-state index in [4.69, 9.17) is 5.73 Å². The Bertz CT molecular complexity index is 702. The van der Waals surface area contributed by atoms with E-state index in [2.05, 4.69) is 0 Å². The second-order valence-electron chi connectivity index (χ2n) is 5.62. The van der Waals surface area contributed by atoms with Gasteiger partial charge in [-0.15, -0.1) is 12.4 Å². The van der Waals surface area contributed by atoms with E-state index in [0.29, 0.717) is 12.1 Å². The van der Waals surface area contributed by atoms with Crippen LogP contribution in [0.1, 0.15) is 24.1 Å². The van der Waals surface area contributed by atoms with Crippen LogP contribution in [0.4, 0.5) is 5.69 Å². The molecule has 130 valence electrons. The molecule has 0 heterocycles. The molecular formula is C18H23ClN2O2S. The molecule has 0 fully saturated rings. The summed E-state index contributed by atoms with van der Waals surface area (Å²) in [6.45, 7) is 1.98. The number of nitrogens with two attached hydrogens (primary N) is 1. The van der Waals surface area contributed by atoms with Gasteiger partial charge in [0.1, 0.15) is 0 Å². The van der Waals surface area contributed by atoms with E-state index in [0.717, 1.165) is 16.0 Å². The molecule has 6 heteroatoms. The number of benzene rings is 2. The molecule has 24 heavy (non-hydrogen) atoms. The zero-order valence-corrected chi connectivity index (χ0v) is 15.7. The number of nitrogen functional groups attached to an aromatic ring is 1. The molecule has 0 aliphatic carbocycles. The third-order valence-corrected chi connectivity index (χ3v) is 4.94. The molecule has 2 atom stereocenters. The molecule has 0 saturated heterocycles. The number of nitrogens with zero attached hydrogens (tertiary/aromatic N) is 1. The lowest BCUT2D eigenvalue weighted by atomic mass is 10.1. The van der Waals surface area contributed by atoms with Crippen molar-refractivity contribution in [2.24, 2.45) is 0 Å². The minimum absolute atomic E-state index is 0. The first-order chi connectivity index (χ1) is 10.9. The zero-order chi connectivity index (χ0) is 17.0. The van der Waals surface area contributed by atoms with E-state index in [9.17, 15) is 9.00 Å². The van der Waals surface area contributed by atoms with Crippen molar-refractivity contribution in [3.8, 4) is 0 Å². The lowest BCUT2D eigenvalue weighted by Crippen LogP contribution is -2.30. The monoisotopic (exact) mass is 366 g/mol. The molecule has 2 N–H and O–H groups in total. The summed E-state index contributed by atoms with van der Waals surface area (Å²) in [5.41, 5.74) is 8.31. The second kappa shape index (κ2) is 8.85. The molecule has 0 aliphatic heterocycles. The van der Waals surface area contributed by atoms with Gasteiger partial charge in [-0.2, -0.15) is 0 Å². The number of carbonyl (C=O) groups is 1. The lowest BCUT2D eigenvalue weighted by Gasteiger charge is -2.25. The van der Waals surface area contributed by atoms with Crippen LogP contribution in [0, 0.1) is 0 Å². The van der Waals surface area contributed by atoms with Gasteiger partial charge in [-0.25, -0.2) is 0 Å². The molecule has 2 aromatic carbocycles. The number of amides is 1. The number of hydrogen-bond acceptors (Lipinski definition) is 3. The summed E-state index contributed by atoms with van der Waals surface area (Å²) >= 11 is 0. The molecule has 0 spiro atoms. The second-order valence-corrected chi connectivity index (χ2v) is 7.00. The van der Waals surface area contributed by atoms with Crippen LogP contribution >= 0.6 is 12.4 Å². The number of anilines is 1. The number of halogens is 1. The Morgan fingerprint density at radius 3 is 2.17 bits per heavy atom. The maximum Gasteiger partial charge on any atom is 0.227 e. The summed E-state index contributed by atoms with van der Waals surface area (Å²) in [6, 6.07) is 14.8. The SMILES string of the molecule is CC(c1ccc(S(C)=O)cc1)N(C)C(=O)Cc1ccc(N)cc1.Cl. The third-order valence-electron chi connectivity index (χ3n) is 4.00. The van der Waals surface area contributed by atoms with E-state index >= 15 is 0 Å². The molecule has 0 aromatic heterocycles. The zero-order valence-electron chi connectivity index (χ0n) is 14.1. The molecule has 0 bridgehead atoms. The van der Waals surface area contributed by atoms with Crippen molar-refractivity contribution < 1.29 is 9.00 Å². The van der Waals surface area contributed by atoms with Crippen molar-refractivity contribution >= 4 is 34.8 Å². The predicted octanol–water partition coefficient (Wildman–Crippen LogP) is 3.19. The number of hydrogen-bond donors (Lipinski definition) is 1. The van der Waals surface area contributed by atoms with Crippen molar-refractivity contribution in [1.82, 2.24) is 4.90 Å². The largest absolute Gasteiger partial charge is 0.399 e. The topological polar surface area (TPSA) is 63.4 Å². The minimum Gasteiger partial charge on any atom is -0.399 e. The number of likely N-dealkylation sites (N-methyl/N-ethyl adjacent to an activating group) is 1. The first-order valence-electron chi connectivity index (χ1n) is 7.42. The van der Waals surface area contributed by atoms with Crippen molar-refractivity contribution in [2.75, 3.05) is 19.0 Å². The Balaban J connectivity index is 0.00000288. The first kappa shape index (κ1) is 20.2. The van der Waals surface area contributed by atoms with E-state index in [1.165, 1.54) is 0 Å². The standard InChI is InChI=1S/C18H22N2O2S.ClH/c1-13(15-6-10-17(11-7-15)23(3)22)20(2)18(21)12-14-4-8-16(19)9-5-14;/h4-11,13H,12,19H2,1-3H3;1H. The summed E-state index contributed by atoms with van der Waals surface area (Å²) in [5, 5.41) is 0. The fourth-order valence-electron chi connectivity index (χ4n) is 2.31. The van der Waals surface area contributed by atoms with Crippen molar-refractivity contribution in [3.63, 3.8) is 0 Å². The quantitative estimate of drug-likeness (QED) is 0.826. The fourth-order valence-corrected chi connectivity index (χ4v) is 2.83. The van der Waals surface area contributed by atoms with E-state index in [-0.39, 0.29) is 24.4 Å². The molecule has 2 rings (SSSR count).